The molecule has 0 spiro atoms. The van der Waals surface area contributed by atoms with Gasteiger partial charge in [0.1, 0.15) is 17.3 Å². The summed E-state index contributed by atoms with van der Waals surface area (Å²) in [4.78, 5) is 38.5. The number of aliphatic hydroxyl groups excluding tert-OH is 1. The number of likely N-dealkylation sites (tertiary alicyclic amines) is 1. The van der Waals surface area contributed by atoms with Crippen molar-refractivity contribution in [3.63, 3.8) is 0 Å². The van der Waals surface area contributed by atoms with Gasteiger partial charge in [-0.3, -0.25) is 14.4 Å². The Morgan fingerprint density at radius 1 is 1.10 bits per heavy atom. The largest absolute Gasteiger partial charge is 0.507 e. The second kappa shape index (κ2) is 9.47. The van der Waals surface area contributed by atoms with Crippen molar-refractivity contribution >= 4 is 23.4 Å². The maximum atomic E-state index is 13.0. The Bertz CT molecular complexity index is 1020. The molecule has 1 N–H and O–H groups in total. The number of carbonyl (C=O) groups excluding carboxylic acids is 3. The number of nitrogens with zero attached hydrogens (tertiary/aromatic N) is 1. The highest BCUT2D eigenvalue weighted by Crippen LogP contribution is 2.41. The average molecular weight is 423 g/mol. The summed E-state index contributed by atoms with van der Waals surface area (Å²) in [5.41, 5.74) is 0.966. The van der Waals surface area contributed by atoms with Crippen LogP contribution in [-0.2, 0) is 14.4 Å². The van der Waals surface area contributed by atoms with Crippen LogP contribution in [0, 0.1) is 0 Å². The van der Waals surface area contributed by atoms with Gasteiger partial charge in [-0.05, 0) is 36.2 Å². The number of methoxy groups -OCH3 is 1. The molecular formula is C24H25NO6. The lowest BCUT2D eigenvalue weighted by Gasteiger charge is -2.25. The van der Waals surface area contributed by atoms with E-state index in [1.54, 1.807) is 48.5 Å². The zero-order chi connectivity index (χ0) is 22.5. The number of ketones is 1. The van der Waals surface area contributed by atoms with E-state index in [9.17, 15) is 19.5 Å². The Labute approximate surface area is 180 Å². The summed E-state index contributed by atoms with van der Waals surface area (Å²) in [5.74, 6) is -1.38. The second-order valence-corrected chi connectivity index (χ2v) is 7.21. The number of rotatable bonds is 7. The van der Waals surface area contributed by atoms with Crippen molar-refractivity contribution in [1.29, 1.82) is 0 Å². The molecule has 0 radical (unpaired) electrons. The molecule has 2 aromatic rings. The van der Waals surface area contributed by atoms with Crippen LogP contribution in [0.1, 0.15) is 43.9 Å². The van der Waals surface area contributed by atoms with Crippen LogP contribution >= 0.6 is 0 Å². The Balaban J connectivity index is 2.14. The second-order valence-electron chi connectivity index (χ2n) is 7.21. The molecule has 2 aromatic carbocycles. The molecule has 31 heavy (non-hydrogen) atoms. The van der Waals surface area contributed by atoms with Crippen molar-refractivity contribution in [3.05, 3.63) is 65.2 Å². The van der Waals surface area contributed by atoms with Crippen molar-refractivity contribution in [2.75, 3.05) is 13.7 Å². The molecule has 1 heterocycles. The molecule has 0 aliphatic carbocycles. The minimum absolute atomic E-state index is 0.00541. The number of amides is 1. The predicted octanol–water partition coefficient (Wildman–Crippen LogP) is 3.84. The molecule has 7 nitrogen and oxygen atoms in total. The number of aliphatic hydroxyl groups is 1. The molecule has 3 rings (SSSR count). The summed E-state index contributed by atoms with van der Waals surface area (Å²) < 4.78 is 10.4. The summed E-state index contributed by atoms with van der Waals surface area (Å²) in [6.45, 7) is 3.68. The SMILES string of the molecule is CCCCN1C(=O)C(=O)/C(=C(\O)c2ccccc2OC)C1c1ccc(OC(C)=O)cc1. The van der Waals surface area contributed by atoms with E-state index in [1.165, 1.54) is 18.9 Å². The third-order valence-electron chi connectivity index (χ3n) is 5.11. The van der Waals surface area contributed by atoms with Crippen LogP contribution in [0.2, 0.25) is 0 Å². The van der Waals surface area contributed by atoms with Gasteiger partial charge in [0.15, 0.2) is 0 Å². The molecule has 1 amide bonds. The molecule has 1 saturated heterocycles. The number of hydrogen-bond donors (Lipinski definition) is 1. The number of ether oxygens (including phenoxy) is 2. The normalized spacial score (nSPS) is 17.6. The fourth-order valence-electron chi connectivity index (χ4n) is 3.66. The quantitative estimate of drug-likeness (QED) is 0.239. The van der Waals surface area contributed by atoms with E-state index in [4.69, 9.17) is 9.47 Å². The van der Waals surface area contributed by atoms with Gasteiger partial charge in [-0.2, -0.15) is 0 Å². The van der Waals surface area contributed by atoms with Crippen LogP contribution in [0.25, 0.3) is 5.76 Å². The van der Waals surface area contributed by atoms with E-state index in [-0.39, 0.29) is 11.3 Å². The topological polar surface area (TPSA) is 93.1 Å². The van der Waals surface area contributed by atoms with E-state index in [2.05, 4.69) is 0 Å². The lowest BCUT2D eigenvalue weighted by molar-refractivity contribution is -0.139. The summed E-state index contributed by atoms with van der Waals surface area (Å²) in [6, 6.07) is 12.6. The highest BCUT2D eigenvalue weighted by molar-refractivity contribution is 6.46. The smallest absolute Gasteiger partial charge is 0.308 e. The summed E-state index contributed by atoms with van der Waals surface area (Å²) in [6.07, 6.45) is 1.55. The molecule has 0 saturated carbocycles. The first-order chi connectivity index (χ1) is 14.9. The standard InChI is InChI=1S/C24H25NO6/c1-4-5-14-25-21(16-10-12-17(13-11-16)31-15(2)26)20(23(28)24(25)29)22(27)18-8-6-7-9-19(18)30-3/h6-13,21,27H,4-5,14H2,1-3H3/b22-20-. The van der Waals surface area contributed by atoms with Gasteiger partial charge in [0.05, 0.1) is 24.3 Å². The predicted molar refractivity (Wildman–Crippen MR) is 115 cm³/mol. The van der Waals surface area contributed by atoms with Crippen LogP contribution in [-0.4, -0.2) is 41.3 Å². The van der Waals surface area contributed by atoms with Crippen LogP contribution in [0.5, 0.6) is 11.5 Å². The van der Waals surface area contributed by atoms with Gasteiger partial charge in [0, 0.05) is 13.5 Å². The molecule has 1 aliphatic rings. The van der Waals surface area contributed by atoms with Gasteiger partial charge in [-0.15, -0.1) is 0 Å². The maximum Gasteiger partial charge on any atom is 0.308 e. The van der Waals surface area contributed by atoms with Crippen LogP contribution < -0.4 is 9.47 Å². The van der Waals surface area contributed by atoms with Gasteiger partial charge < -0.3 is 19.5 Å². The third kappa shape index (κ3) is 4.45. The van der Waals surface area contributed by atoms with Crippen LogP contribution in [0.4, 0.5) is 0 Å². The molecule has 7 heteroatoms. The van der Waals surface area contributed by atoms with Gasteiger partial charge in [0.25, 0.3) is 11.7 Å². The molecule has 1 aliphatic heterocycles. The van der Waals surface area contributed by atoms with E-state index in [0.717, 1.165) is 6.42 Å². The van der Waals surface area contributed by atoms with Crippen molar-refractivity contribution < 1.29 is 29.0 Å². The number of hydrogen-bond acceptors (Lipinski definition) is 6. The van der Waals surface area contributed by atoms with Gasteiger partial charge in [-0.1, -0.05) is 37.6 Å². The Morgan fingerprint density at radius 3 is 2.39 bits per heavy atom. The number of benzene rings is 2. The summed E-state index contributed by atoms with van der Waals surface area (Å²) in [7, 11) is 1.47. The van der Waals surface area contributed by atoms with E-state index >= 15 is 0 Å². The van der Waals surface area contributed by atoms with Crippen molar-refractivity contribution in [2.24, 2.45) is 0 Å². The lowest BCUT2D eigenvalue weighted by Crippen LogP contribution is -2.30. The first-order valence-electron chi connectivity index (χ1n) is 10.1. The zero-order valence-corrected chi connectivity index (χ0v) is 17.8. The van der Waals surface area contributed by atoms with Crippen molar-refractivity contribution in [1.82, 2.24) is 4.90 Å². The molecular weight excluding hydrogens is 398 g/mol. The highest BCUT2D eigenvalue weighted by atomic mass is 16.5. The van der Waals surface area contributed by atoms with E-state index in [0.29, 0.717) is 35.6 Å². The minimum atomic E-state index is -0.761. The van der Waals surface area contributed by atoms with Gasteiger partial charge in [0.2, 0.25) is 0 Å². The van der Waals surface area contributed by atoms with Crippen LogP contribution in [0.15, 0.2) is 54.1 Å². The van der Waals surface area contributed by atoms with Crippen molar-refractivity contribution in [2.45, 2.75) is 32.7 Å². The summed E-state index contributed by atoms with van der Waals surface area (Å²) >= 11 is 0. The van der Waals surface area contributed by atoms with E-state index in [1.807, 2.05) is 6.92 Å². The Kier molecular flexibility index (Phi) is 6.74. The Hall–Kier alpha value is -3.61. The summed E-state index contributed by atoms with van der Waals surface area (Å²) in [5, 5.41) is 11.1. The van der Waals surface area contributed by atoms with Gasteiger partial charge >= 0.3 is 5.97 Å². The number of carbonyl (C=O) groups is 3. The lowest BCUT2D eigenvalue weighted by atomic mass is 9.95. The number of Topliss-reactive ketones (excluding diaryl/α,β-unsaturated/α-hetero) is 1. The van der Waals surface area contributed by atoms with Crippen LogP contribution in [0.3, 0.4) is 0 Å². The monoisotopic (exact) mass is 423 g/mol. The number of esters is 1. The molecule has 1 unspecified atom stereocenters. The first-order valence-corrected chi connectivity index (χ1v) is 10.1. The van der Waals surface area contributed by atoms with Gasteiger partial charge in [-0.25, -0.2) is 0 Å². The minimum Gasteiger partial charge on any atom is -0.507 e. The Morgan fingerprint density at radius 2 is 1.77 bits per heavy atom. The maximum absolute atomic E-state index is 13.0. The molecule has 1 fully saturated rings. The van der Waals surface area contributed by atoms with E-state index < -0.39 is 23.7 Å². The molecule has 0 bridgehead atoms. The number of unbranched alkanes of at least 4 members (excludes halogenated alkanes) is 1. The molecule has 0 aromatic heterocycles. The molecule has 1 atom stereocenters. The average Bonchev–Trinajstić information content (AvgIpc) is 3.02. The fraction of sp³-hybridized carbons (Fsp3) is 0.292. The van der Waals surface area contributed by atoms with Crippen molar-refractivity contribution in [3.8, 4) is 11.5 Å². The molecule has 162 valence electrons. The third-order valence-corrected chi connectivity index (χ3v) is 5.11. The zero-order valence-electron chi connectivity index (χ0n) is 17.8. The number of para-hydroxylation sites is 1. The first kappa shape index (κ1) is 22.1. The fourth-order valence-corrected chi connectivity index (χ4v) is 3.66. The highest BCUT2D eigenvalue weighted by Gasteiger charge is 2.46.